The lowest BCUT2D eigenvalue weighted by molar-refractivity contribution is 0.718. The molecule has 0 aromatic heterocycles. The van der Waals surface area contributed by atoms with Gasteiger partial charge in [-0.25, -0.2) is 0 Å². The fourth-order valence-corrected chi connectivity index (χ4v) is 1.52. The Kier molecular flexibility index (Phi) is 4.19. The molecule has 0 saturated carbocycles. The normalized spacial score (nSPS) is 15.1. The van der Waals surface area contributed by atoms with Crippen LogP contribution in [-0.4, -0.2) is 0 Å². The minimum Gasteiger partial charge on any atom is -0.0648 e. The van der Waals surface area contributed by atoms with Crippen LogP contribution in [0.1, 0.15) is 63.5 Å². The Balaban J connectivity index is 2.78. The first-order chi connectivity index (χ1) is 6.69. The zero-order chi connectivity index (χ0) is 10.6. The van der Waals surface area contributed by atoms with Crippen LogP contribution < -0.4 is 0 Å². The molecule has 1 rings (SSSR count). The van der Waals surface area contributed by atoms with Crippen LogP contribution in [0.3, 0.4) is 0 Å². The van der Waals surface area contributed by atoms with Crippen molar-refractivity contribution in [2.45, 2.75) is 52.4 Å². The van der Waals surface area contributed by atoms with Crippen molar-refractivity contribution in [3.8, 4) is 0 Å². The Morgan fingerprint density at radius 2 is 1.71 bits per heavy atom. The predicted octanol–water partition coefficient (Wildman–Crippen LogP) is 4.51. The number of benzene rings is 1. The monoisotopic (exact) mass is 189 g/mol. The summed E-state index contributed by atoms with van der Waals surface area (Å²) >= 11 is 0. The van der Waals surface area contributed by atoms with Crippen LogP contribution in [0.15, 0.2) is 18.2 Å². The van der Waals surface area contributed by atoms with Gasteiger partial charge in [0.25, 0.3) is 0 Å². The van der Waals surface area contributed by atoms with E-state index in [1.165, 1.54) is 24.0 Å². The van der Waals surface area contributed by atoms with Gasteiger partial charge in [0.15, 0.2) is 0 Å². The molecule has 0 spiro atoms. The van der Waals surface area contributed by atoms with Crippen LogP contribution in [0.25, 0.3) is 0 Å². The molecule has 2 atom stereocenters. The first-order valence-corrected chi connectivity index (χ1v) is 5.70. The molecule has 0 aliphatic rings. The number of rotatable bonds is 4. The molecule has 14 heavy (non-hydrogen) atoms. The zero-order valence-electron chi connectivity index (χ0n) is 9.80. The van der Waals surface area contributed by atoms with E-state index in [1.54, 1.807) is 0 Å². The molecule has 0 amide bonds. The van der Waals surface area contributed by atoms with Gasteiger partial charge >= 0.3 is 0 Å². The van der Waals surface area contributed by atoms with Crippen molar-refractivity contribution in [1.82, 2.24) is 0 Å². The number of hydrogen-bond acceptors (Lipinski definition) is 0. The number of hydrogen-bond donors (Lipinski definition) is 0. The van der Waals surface area contributed by atoms with Gasteiger partial charge in [-0.3, -0.25) is 0 Å². The fourth-order valence-electron chi connectivity index (χ4n) is 1.52. The summed E-state index contributed by atoms with van der Waals surface area (Å²) < 4.78 is 0. The molecule has 0 aliphatic heterocycles. The Labute approximate surface area is 88.4 Å². The maximum absolute atomic E-state index is 3.40. The van der Waals surface area contributed by atoms with Gasteiger partial charge < -0.3 is 0 Å². The van der Waals surface area contributed by atoms with E-state index in [-0.39, 0.29) is 0 Å². The topological polar surface area (TPSA) is 0 Å². The summed E-state index contributed by atoms with van der Waals surface area (Å²) in [6.45, 7) is 8.98. The van der Waals surface area contributed by atoms with Gasteiger partial charge in [-0.2, -0.15) is 0 Å². The van der Waals surface area contributed by atoms with Gasteiger partial charge in [0.05, 0.1) is 0 Å². The third kappa shape index (κ3) is 2.60. The molecule has 77 valence electrons. The van der Waals surface area contributed by atoms with Crippen LogP contribution in [0, 0.1) is 6.07 Å². The Morgan fingerprint density at radius 3 is 2.14 bits per heavy atom. The molecule has 0 heterocycles. The standard InChI is InChI=1S/C14H21/c1-5-11(3)13-7-9-14(10-8-13)12(4)6-2/h7-9,11-12H,5-6H2,1-4H3. The van der Waals surface area contributed by atoms with Crippen molar-refractivity contribution >= 4 is 0 Å². The molecule has 0 saturated heterocycles. The molecule has 0 nitrogen and oxygen atoms in total. The van der Waals surface area contributed by atoms with Gasteiger partial charge in [-0.05, 0) is 41.9 Å². The van der Waals surface area contributed by atoms with E-state index in [4.69, 9.17) is 0 Å². The molecule has 0 heteroatoms. The largest absolute Gasteiger partial charge is 0.0648 e. The highest BCUT2D eigenvalue weighted by molar-refractivity contribution is 5.25. The highest BCUT2D eigenvalue weighted by Crippen LogP contribution is 2.22. The lowest BCUT2D eigenvalue weighted by Crippen LogP contribution is -1.95. The van der Waals surface area contributed by atoms with Crippen LogP contribution in [0.4, 0.5) is 0 Å². The van der Waals surface area contributed by atoms with Crippen molar-refractivity contribution < 1.29 is 0 Å². The maximum Gasteiger partial charge on any atom is -0.0143 e. The third-order valence-electron chi connectivity index (χ3n) is 3.19. The summed E-state index contributed by atoms with van der Waals surface area (Å²) in [5, 5.41) is 0. The van der Waals surface area contributed by atoms with Crippen LogP contribution >= 0.6 is 0 Å². The van der Waals surface area contributed by atoms with Crippen molar-refractivity contribution in [2.24, 2.45) is 0 Å². The van der Waals surface area contributed by atoms with Crippen LogP contribution in [0.5, 0.6) is 0 Å². The van der Waals surface area contributed by atoms with E-state index < -0.39 is 0 Å². The second-order valence-electron chi connectivity index (χ2n) is 4.20. The highest BCUT2D eigenvalue weighted by atomic mass is 14.1. The molecule has 1 aromatic rings. The molecule has 0 aliphatic carbocycles. The summed E-state index contributed by atoms with van der Waals surface area (Å²) in [7, 11) is 0. The lowest BCUT2D eigenvalue weighted by Gasteiger charge is -2.12. The average Bonchev–Trinajstić information content (AvgIpc) is 2.27. The smallest absolute Gasteiger partial charge is 0.0143 e. The Morgan fingerprint density at radius 1 is 1.07 bits per heavy atom. The van der Waals surface area contributed by atoms with Gasteiger partial charge in [0, 0.05) is 0 Å². The SMILES string of the molecule is CCC(C)c1[c]cc(C(C)CC)cc1. The zero-order valence-corrected chi connectivity index (χ0v) is 9.80. The van der Waals surface area contributed by atoms with E-state index in [9.17, 15) is 0 Å². The molecule has 0 N–H and O–H groups in total. The lowest BCUT2D eigenvalue weighted by atomic mass is 9.93. The van der Waals surface area contributed by atoms with E-state index in [1.807, 2.05) is 0 Å². The summed E-state index contributed by atoms with van der Waals surface area (Å²) in [5.41, 5.74) is 2.76. The van der Waals surface area contributed by atoms with Crippen LogP contribution in [-0.2, 0) is 0 Å². The summed E-state index contributed by atoms with van der Waals surface area (Å²) in [4.78, 5) is 0. The fraction of sp³-hybridized carbons (Fsp3) is 0.571. The predicted molar refractivity (Wildman–Crippen MR) is 62.7 cm³/mol. The third-order valence-corrected chi connectivity index (χ3v) is 3.19. The van der Waals surface area contributed by atoms with E-state index in [0.29, 0.717) is 11.8 Å². The second kappa shape index (κ2) is 5.19. The van der Waals surface area contributed by atoms with Gasteiger partial charge in [0.2, 0.25) is 0 Å². The molecule has 2 unspecified atom stereocenters. The molecular formula is C14H21. The first-order valence-electron chi connectivity index (χ1n) is 5.70. The van der Waals surface area contributed by atoms with Gasteiger partial charge in [-0.15, -0.1) is 0 Å². The van der Waals surface area contributed by atoms with Crippen molar-refractivity contribution in [3.05, 3.63) is 35.4 Å². The molecule has 0 bridgehead atoms. The minimum absolute atomic E-state index is 0.640. The summed E-state index contributed by atoms with van der Waals surface area (Å²) in [6.07, 6.45) is 2.40. The molecule has 1 aromatic carbocycles. The second-order valence-corrected chi connectivity index (χ2v) is 4.20. The van der Waals surface area contributed by atoms with Crippen molar-refractivity contribution in [3.63, 3.8) is 0 Å². The van der Waals surface area contributed by atoms with E-state index in [0.717, 1.165) is 0 Å². The quantitative estimate of drug-likeness (QED) is 0.653. The van der Waals surface area contributed by atoms with E-state index in [2.05, 4.69) is 52.0 Å². The van der Waals surface area contributed by atoms with Crippen LogP contribution in [0.2, 0.25) is 0 Å². The van der Waals surface area contributed by atoms with Gasteiger partial charge in [-0.1, -0.05) is 45.9 Å². The molecule has 1 radical (unpaired) electrons. The maximum atomic E-state index is 3.40. The summed E-state index contributed by atoms with van der Waals surface area (Å²) in [5.74, 6) is 1.30. The Hall–Kier alpha value is -0.780. The van der Waals surface area contributed by atoms with Crippen molar-refractivity contribution in [1.29, 1.82) is 0 Å². The summed E-state index contributed by atoms with van der Waals surface area (Å²) in [6, 6.07) is 10.1. The molecule has 0 fully saturated rings. The van der Waals surface area contributed by atoms with Gasteiger partial charge in [0.1, 0.15) is 0 Å². The highest BCUT2D eigenvalue weighted by Gasteiger charge is 2.05. The minimum atomic E-state index is 0.640. The van der Waals surface area contributed by atoms with E-state index >= 15 is 0 Å². The average molecular weight is 189 g/mol. The first kappa shape index (κ1) is 11.3. The van der Waals surface area contributed by atoms with Crippen molar-refractivity contribution in [2.75, 3.05) is 0 Å². The molecular weight excluding hydrogens is 168 g/mol. The Bertz CT molecular complexity index is 229.